The summed E-state index contributed by atoms with van der Waals surface area (Å²) >= 11 is 1.31. The Balaban J connectivity index is 4.57. The van der Waals surface area contributed by atoms with Crippen LogP contribution in [-0.2, 0) is 52.7 Å². The summed E-state index contributed by atoms with van der Waals surface area (Å²) in [5.74, 6) is -10.1. The molecule has 25 nitrogen and oxygen atoms in total. The monoisotopic (exact) mass is 1350 g/mol. The fourth-order valence-corrected chi connectivity index (χ4v) is 12.8. The summed E-state index contributed by atoms with van der Waals surface area (Å²) in [5, 5.41) is 44.7. The molecule has 1 saturated heterocycles. The minimum Gasteiger partial charge on any atom is -0.393 e. The van der Waals surface area contributed by atoms with Gasteiger partial charge in [-0.3, -0.25) is 52.7 Å². The zero-order valence-corrected chi connectivity index (χ0v) is 62.4. The zero-order chi connectivity index (χ0) is 72.9. The number of thioether (sulfide) groups is 1. The lowest BCUT2D eigenvalue weighted by atomic mass is 9.91. The van der Waals surface area contributed by atoms with E-state index in [1.165, 1.54) is 113 Å². The second-order valence-corrected chi connectivity index (χ2v) is 29.9. The maximum absolute atomic E-state index is 15.3. The van der Waals surface area contributed by atoms with E-state index in [4.69, 9.17) is 0 Å². The van der Waals surface area contributed by atoms with Crippen molar-refractivity contribution in [2.45, 2.75) is 260 Å². The molecule has 540 valence electrons. The first-order valence-corrected chi connectivity index (χ1v) is 34.8. The molecule has 14 atom stereocenters. The van der Waals surface area contributed by atoms with Crippen LogP contribution in [0.3, 0.4) is 0 Å². The highest BCUT2D eigenvalue weighted by molar-refractivity contribution is 7.99. The van der Waals surface area contributed by atoms with E-state index in [2.05, 4.69) is 21.3 Å². The molecule has 1 aliphatic heterocycles. The van der Waals surface area contributed by atoms with Gasteiger partial charge in [-0.2, -0.15) is 11.8 Å². The van der Waals surface area contributed by atoms with E-state index in [0.29, 0.717) is 18.6 Å². The predicted octanol–water partition coefficient (Wildman–Crippen LogP) is 3.65. The summed E-state index contributed by atoms with van der Waals surface area (Å²) < 4.78 is 0. The van der Waals surface area contributed by atoms with Crippen molar-refractivity contribution in [2.75, 3.05) is 60.8 Å². The molecule has 0 aromatic heterocycles. The third-order valence-electron chi connectivity index (χ3n) is 17.6. The van der Waals surface area contributed by atoms with E-state index in [9.17, 15) is 39.3 Å². The summed E-state index contributed by atoms with van der Waals surface area (Å²) in [5.41, 5.74) is -1.60. The van der Waals surface area contributed by atoms with Crippen LogP contribution >= 0.6 is 11.8 Å². The first-order chi connectivity index (χ1) is 43.3. The van der Waals surface area contributed by atoms with Crippen LogP contribution < -0.4 is 21.3 Å². The van der Waals surface area contributed by atoms with Crippen molar-refractivity contribution in [1.29, 1.82) is 0 Å². The summed E-state index contributed by atoms with van der Waals surface area (Å²) in [6.07, 6.45) is 2.63. The van der Waals surface area contributed by atoms with Crippen molar-refractivity contribution < 1.29 is 68.1 Å². The minimum absolute atomic E-state index is 0.0392. The van der Waals surface area contributed by atoms with Crippen LogP contribution in [0.15, 0.2) is 12.2 Å². The van der Waals surface area contributed by atoms with Crippen molar-refractivity contribution in [2.24, 2.45) is 35.5 Å². The number of nitrogens with zero attached hydrogens (tertiary/aromatic N) is 7. The molecule has 0 aromatic carbocycles. The average molecular weight is 1350 g/mol. The number of carbonyl (C=O) groups excluding carboxylic acids is 11. The molecule has 0 aliphatic carbocycles. The third kappa shape index (κ3) is 25.3. The number of rotatable bonds is 21. The number of nitrogens with one attached hydrogen (secondary N) is 4. The van der Waals surface area contributed by atoms with Crippen molar-refractivity contribution in [3.05, 3.63) is 12.2 Å². The Morgan fingerprint density at radius 2 is 0.936 bits per heavy atom. The Kier molecular flexibility index (Phi) is 36.1. The Morgan fingerprint density at radius 1 is 0.500 bits per heavy atom. The summed E-state index contributed by atoms with van der Waals surface area (Å²) in [6.45, 7) is 30.4. The molecule has 0 radical (unpaired) electrons. The van der Waals surface area contributed by atoms with Crippen LogP contribution in [-0.4, -0.2) is 260 Å². The molecule has 0 aromatic rings. The van der Waals surface area contributed by atoms with E-state index < -0.39 is 167 Å². The fraction of sp³-hybridized carbons (Fsp3) is 0.809. The molecule has 7 N–H and O–H groups in total. The van der Waals surface area contributed by atoms with Gasteiger partial charge in [0.25, 0.3) is 0 Å². The number of hydrogen-bond donors (Lipinski definition) is 7. The zero-order valence-electron chi connectivity index (χ0n) is 61.6. The molecular weight excluding hydrogens is 1230 g/mol. The van der Waals surface area contributed by atoms with E-state index in [0.717, 1.165) is 9.80 Å². The van der Waals surface area contributed by atoms with E-state index in [1.807, 2.05) is 41.5 Å². The Labute approximate surface area is 566 Å². The number of amides is 11. The van der Waals surface area contributed by atoms with E-state index >= 15 is 28.8 Å². The minimum atomic E-state index is -1.67. The normalized spacial score (nSPS) is 26.8. The highest BCUT2D eigenvalue weighted by Gasteiger charge is 2.47. The fourth-order valence-electron chi connectivity index (χ4n) is 11.7. The SMILES string of the molecule is C/C=C/C[C@@H](C)[C@@H](O)[C@H]1C(=O)N[C@@H](CC)C(=O)N(C)[C@H](CSCCC[C@@H](C)O)C(=O)N(C)[C@@H](CC(C)(C)O)C(=O)N[C@@H](C(C)C)C(=O)N(C)[C@@H](CC(C)C)C(=O)N[C@@H](C)C(=O)N[C@H](C)C(=O)N(C)[C@@H](CC(C)C)C(=O)N(C)[C@@H](CC(C)C)C(=O)N(C)[C@@H](C(C)C)C(=O)N1C. The standard InChI is InChI=1S/C68H123N11O14S/c1-26-28-30-43(13)56(81)55-60(85)71-47(27-2)62(87)77(23)52(37-94-32-29-31-44(14)80)65(90)76(22)51(36-68(17,18)93)59(84)72-53(41(9)10)66(91)73(19)48(33-38(3)4)58(83)69-45(15)57(82)70-46(16)61(86)74(20)49(34-39(5)6)63(88)75(21)50(35-40(7)8)64(89)78(24)54(42(11)12)67(92)79(55)25/h26,28,38-56,80-81,93H,27,29-37H2,1-25H3,(H,69,83)(H,70,82)(H,71,85)(H,72,84)/b28-26+/t43-,44-,45+,46-,47+,48+,49+,50+,51+,52-,53+,54+,55+,56-/m1/s1. The lowest BCUT2D eigenvalue weighted by Gasteiger charge is -2.41. The second kappa shape index (κ2) is 39.4. The van der Waals surface area contributed by atoms with Gasteiger partial charge in [0.2, 0.25) is 65.0 Å². The van der Waals surface area contributed by atoms with E-state index in [1.54, 1.807) is 67.5 Å². The van der Waals surface area contributed by atoms with Crippen LogP contribution in [0.5, 0.6) is 0 Å². The number of hydrogen-bond acceptors (Lipinski definition) is 15. The quantitative estimate of drug-likeness (QED) is 0.0637. The summed E-state index contributed by atoms with van der Waals surface area (Å²) in [6, 6.07) is -14.6. The molecule has 0 saturated carbocycles. The molecule has 0 unspecified atom stereocenters. The van der Waals surface area contributed by atoms with Gasteiger partial charge in [-0.25, -0.2) is 0 Å². The van der Waals surface area contributed by atoms with Crippen LogP contribution in [0, 0.1) is 35.5 Å². The van der Waals surface area contributed by atoms with Crippen LogP contribution in [0.1, 0.15) is 176 Å². The first kappa shape index (κ1) is 86.2. The summed E-state index contributed by atoms with van der Waals surface area (Å²) in [4.78, 5) is 172. The molecule has 1 rings (SSSR count). The van der Waals surface area contributed by atoms with Crippen molar-refractivity contribution >= 4 is 76.7 Å². The van der Waals surface area contributed by atoms with Gasteiger partial charge in [-0.1, -0.05) is 95.2 Å². The van der Waals surface area contributed by atoms with Crippen molar-refractivity contribution in [3.8, 4) is 0 Å². The summed E-state index contributed by atoms with van der Waals surface area (Å²) in [7, 11) is 9.77. The van der Waals surface area contributed by atoms with Crippen molar-refractivity contribution in [1.82, 2.24) is 55.6 Å². The maximum Gasteiger partial charge on any atom is 0.246 e. The second-order valence-electron chi connectivity index (χ2n) is 28.8. The molecule has 1 aliphatic rings. The largest absolute Gasteiger partial charge is 0.393 e. The molecule has 0 bridgehead atoms. The molecule has 11 amide bonds. The van der Waals surface area contributed by atoms with Crippen molar-refractivity contribution in [3.63, 3.8) is 0 Å². The van der Waals surface area contributed by atoms with Gasteiger partial charge in [0.1, 0.15) is 66.5 Å². The highest BCUT2D eigenvalue weighted by atomic mass is 32.2. The van der Waals surface area contributed by atoms with Gasteiger partial charge in [-0.15, -0.1) is 0 Å². The number of allylic oxidation sites excluding steroid dienone is 2. The number of aliphatic hydroxyl groups is 3. The molecule has 26 heteroatoms. The number of carbonyl (C=O) groups is 11. The van der Waals surface area contributed by atoms with Gasteiger partial charge in [0.15, 0.2) is 0 Å². The molecular formula is C68H123N11O14S. The maximum atomic E-state index is 15.3. The van der Waals surface area contributed by atoms with Gasteiger partial charge in [-0.05, 0) is 128 Å². The topological polar surface area (TPSA) is 319 Å². The number of aliphatic hydroxyl groups excluding tert-OH is 2. The molecule has 1 fully saturated rings. The Hall–Kier alpha value is -5.86. The third-order valence-corrected chi connectivity index (χ3v) is 18.7. The lowest BCUT2D eigenvalue weighted by molar-refractivity contribution is -0.157. The van der Waals surface area contributed by atoms with Crippen LogP contribution in [0.4, 0.5) is 0 Å². The Bertz CT molecular complexity index is 2560. The molecule has 1 heterocycles. The van der Waals surface area contributed by atoms with Gasteiger partial charge >= 0.3 is 0 Å². The van der Waals surface area contributed by atoms with Crippen LogP contribution in [0.25, 0.3) is 0 Å². The van der Waals surface area contributed by atoms with Gasteiger partial charge < -0.3 is 70.9 Å². The van der Waals surface area contributed by atoms with E-state index in [-0.39, 0.29) is 62.0 Å². The lowest BCUT2D eigenvalue weighted by Crippen LogP contribution is -2.64. The first-order valence-electron chi connectivity index (χ1n) is 33.7. The van der Waals surface area contributed by atoms with Gasteiger partial charge in [0.05, 0.1) is 17.8 Å². The predicted molar refractivity (Wildman–Crippen MR) is 367 cm³/mol. The number of likely N-dealkylation sites (N-methyl/N-ethyl adjacent to an activating group) is 7. The Morgan fingerprint density at radius 3 is 1.40 bits per heavy atom. The van der Waals surface area contributed by atoms with Gasteiger partial charge in [0, 0.05) is 61.5 Å². The van der Waals surface area contributed by atoms with Crippen LogP contribution in [0.2, 0.25) is 0 Å². The average Bonchev–Trinajstić information content (AvgIpc) is 0.810. The molecule has 0 spiro atoms. The molecule has 94 heavy (non-hydrogen) atoms. The highest BCUT2D eigenvalue weighted by Crippen LogP contribution is 2.27. The smallest absolute Gasteiger partial charge is 0.246 e.